The van der Waals surface area contributed by atoms with Crippen molar-refractivity contribution in [2.24, 2.45) is 5.92 Å². The molecule has 2 aliphatic rings. The quantitative estimate of drug-likeness (QED) is 0.651. The van der Waals surface area contributed by atoms with Gasteiger partial charge in [-0.25, -0.2) is 9.78 Å². The number of nitrogens with one attached hydrogen (secondary N) is 1. The number of pyridine rings is 1. The summed E-state index contributed by atoms with van der Waals surface area (Å²) in [4.78, 5) is 35.7. The highest BCUT2D eigenvalue weighted by Crippen LogP contribution is 2.20. The van der Waals surface area contributed by atoms with E-state index in [1.165, 1.54) is 6.42 Å². The Bertz CT molecular complexity index is 729. The van der Waals surface area contributed by atoms with Gasteiger partial charge in [-0.15, -0.1) is 0 Å². The maximum atomic E-state index is 12.7. The lowest BCUT2D eigenvalue weighted by atomic mass is 9.96. The number of hydrogen-bond donors (Lipinski definition) is 1. The van der Waals surface area contributed by atoms with Gasteiger partial charge in [0, 0.05) is 65.0 Å². The first-order valence-corrected chi connectivity index (χ1v) is 11.9. The van der Waals surface area contributed by atoms with Gasteiger partial charge in [0.2, 0.25) is 5.91 Å². The smallest absolute Gasteiger partial charge is 0.407 e. The average Bonchev–Trinajstić information content (AvgIpc) is 2.77. The van der Waals surface area contributed by atoms with Crippen molar-refractivity contribution < 1.29 is 14.3 Å². The Hall–Kier alpha value is -2.35. The molecule has 1 aromatic heterocycles. The standard InChI is InChI=1S/C24H39N5O3/c1-24(2,3)32-23(31)26-12-6-10-22(30)29-13-7-8-20(19-29)18-27-14-16-28(17-15-27)21-9-4-5-11-25-21/h4-5,9,11,20H,6-8,10,12-19H2,1-3H3,(H,26,31). The third-order valence-electron chi connectivity index (χ3n) is 5.97. The summed E-state index contributed by atoms with van der Waals surface area (Å²) in [6.45, 7) is 12.8. The monoisotopic (exact) mass is 445 g/mol. The predicted molar refractivity (Wildman–Crippen MR) is 126 cm³/mol. The zero-order chi connectivity index (χ0) is 23.0. The maximum Gasteiger partial charge on any atom is 0.407 e. The van der Waals surface area contributed by atoms with Gasteiger partial charge in [-0.3, -0.25) is 9.69 Å². The summed E-state index contributed by atoms with van der Waals surface area (Å²) in [7, 11) is 0. The number of aromatic nitrogens is 1. The van der Waals surface area contributed by atoms with Crippen LogP contribution >= 0.6 is 0 Å². The fourth-order valence-corrected chi connectivity index (χ4v) is 4.41. The number of likely N-dealkylation sites (tertiary alicyclic amines) is 1. The molecule has 2 aliphatic heterocycles. The second kappa shape index (κ2) is 11.5. The molecule has 8 nitrogen and oxygen atoms in total. The first-order chi connectivity index (χ1) is 15.3. The molecule has 32 heavy (non-hydrogen) atoms. The summed E-state index contributed by atoms with van der Waals surface area (Å²) >= 11 is 0. The number of anilines is 1. The molecule has 0 radical (unpaired) electrons. The number of carbonyl (C=O) groups is 2. The predicted octanol–water partition coefficient (Wildman–Crippen LogP) is 2.75. The van der Waals surface area contributed by atoms with Crippen LogP contribution in [0.5, 0.6) is 0 Å². The Morgan fingerprint density at radius 1 is 1.16 bits per heavy atom. The van der Waals surface area contributed by atoms with Crippen molar-refractivity contribution in [2.75, 3.05) is 57.3 Å². The van der Waals surface area contributed by atoms with Gasteiger partial charge in [0.25, 0.3) is 0 Å². The van der Waals surface area contributed by atoms with Crippen LogP contribution in [-0.2, 0) is 9.53 Å². The average molecular weight is 446 g/mol. The number of nitrogens with zero attached hydrogens (tertiary/aromatic N) is 4. The highest BCUT2D eigenvalue weighted by molar-refractivity contribution is 5.76. The molecular formula is C24H39N5O3. The Kier molecular flexibility index (Phi) is 8.73. The number of rotatable bonds is 7. The molecule has 0 spiro atoms. The number of hydrogen-bond acceptors (Lipinski definition) is 6. The zero-order valence-corrected chi connectivity index (χ0v) is 19.9. The third kappa shape index (κ3) is 7.97. The van der Waals surface area contributed by atoms with Crippen molar-refractivity contribution in [2.45, 2.75) is 52.1 Å². The van der Waals surface area contributed by atoms with Crippen LogP contribution in [0.1, 0.15) is 46.5 Å². The second-order valence-electron chi connectivity index (χ2n) is 9.86. The lowest BCUT2D eigenvalue weighted by molar-refractivity contribution is -0.133. The molecule has 2 fully saturated rings. The van der Waals surface area contributed by atoms with Gasteiger partial charge < -0.3 is 19.9 Å². The fourth-order valence-electron chi connectivity index (χ4n) is 4.41. The van der Waals surface area contributed by atoms with Gasteiger partial charge in [0.1, 0.15) is 11.4 Å². The summed E-state index contributed by atoms with van der Waals surface area (Å²) in [5, 5.41) is 2.73. The van der Waals surface area contributed by atoms with Gasteiger partial charge in [-0.1, -0.05) is 6.07 Å². The van der Waals surface area contributed by atoms with E-state index in [1.807, 2.05) is 44.0 Å². The van der Waals surface area contributed by atoms with Crippen LogP contribution in [0.3, 0.4) is 0 Å². The fraction of sp³-hybridized carbons (Fsp3) is 0.708. The first kappa shape index (κ1) is 24.3. The lowest BCUT2D eigenvalue weighted by Gasteiger charge is -2.39. The summed E-state index contributed by atoms with van der Waals surface area (Å²) in [6, 6.07) is 6.06. The molecular weight excluding hydrogens is 406 g/mol. The molecule has 3 rings (SSSR count). The first-order valence-electron chi connectivity index (χ1n) is 11.9. The van der Waals surface area contributed by atoms with E-state index in [0.717, 1.165) is 58.1 Å². The topological polar surface area (TPSA) is 78.0 Å². The highest BCUT2D eigenvalue weighted by Gasteiger charge is 2.26. The van der Waals surface area contributed by atoms with Crippen LogP contribution in [-0.4, -0.2) is 84.7 Å². The molecule has 1 N–H and O–H groups in total. The number of piperidine rings is 1. The van der Waals surface area contributed by atoms with Crippen LogP contribution in [0.2, 0.25) is 0 Å². The Morgan fingerprint density at radius 2 is 1.94 bits per heavy atom. The lowest BCUT2D eigenvalue weighted by Crippen LogP contribution is -2.50. The number of piperazine rings is 1. The van der Waals surface area contributed by atoms with Crippen molar-refractivity contribution in [1.82, 2.24) is 20.1 Å². The van der Waals surface area contributed by atoms with Gasteiger partial charge in [-0.2, -0.15) is 0 Å². The van der Waals surface area contributed by atoms with E-state index in [0.29, 0.717) is 25.3 Å². The maximum absolute atomic E-state index is 12.7. The molecule has 2 saturated heterocycles. The zero-order valence-electron chi connectivity index (χ0n) is 19.9. The summed E-state index contributed by atoms with van der Waals surface area (Å²) < 4.78 is 5.22. The highest BCUT2D eigenvalue weighted by atomic mass is 16.6. The van der Waals surface area contributed by atoms with E-state index in [4.69, 9.17) is 4.74 Å². The van der Waals surface area contributed by atoms with Crippen molar-refractivity contribution in [3.05, 3.63) is 24.4 Å². The van der Waals surface area contributed by atoms with Crippen LogP contribution < -0.4 is 10.2 Å². The Labute approximate surface area is 192 Å². The van der Waals surface area contributed by atoms with Crippen molar-refractivity contribution in [1.29, 1.82) is 0 Å². The van der Waals surface area contributed by atoms with E-state index in [9.17, 15) is 9.59 Å². The minimum Gasteiger partial charge on any atom is -0.444 e. The van der Waals surface area contributed by atoms with Gasteiger partial charge in [0.15, 0.2) is 0 Å². The van der Waals surface area contributed by atoms with Gasteiger partial charge in [0.05, 0.1) is 0 Å². The molecule has 8 heteroatoms. The van der Waals surface area contributed by atoms with Crippen LogP contribution in [0.25, 0.3) is 0 Å². The minimum atomic E-state index is -0.506. The van der Waals surface area contributed by atoms with Crippen LogP contribution in [0, 0.1) is 5.92 Å². The van der Waals surface area contributed by atoms with Crippen molar-refractivity contribution in [3.63, 3.8) is 0 Å². The van der Waals surface area contributed by atoms with E-state index in [-0.39, 0.29) is 5.91 Å². The SMILES string of the molecule is CC(C)(C)OC(=O)NCCCC(=O)N1CCCC(CN2CCN(c3ccccn3)CC2)C1. The second-order valence-corrected chi connectivity index (χ2v) is 9.86. The van der Waals surface area contributed by atoms with Crippen LogP contribution in [0.4, 0.5) is 10.6 Å². The summed E-state index contributed by atoms with van der Waals surface area (Å²) in [6.07, 6.45) is 4.78. The van der Waals surface area contributed by atoms with E-state index in [2.05, 4.69) is 26.2 Å². The molecule has 178 valence electrons. The number of alkyl carbamates (subject to hydrolysis) is 1. The third-order valence-corrected chi connectivity index (χ3v) is 5.97. The van der Waals surface area contributed by atoms with E-state index >= 15 is 0 Å². The van der Waals surface area contributed by atoms with E-state index < -0.39 is 11.7 Å². The largest absolute Gasteiger partial charge is 0.444 e. The van der Waals surface area contributed by atoms with Crippen molar-refractivity contribution >= 4 is 17.8 Å². The number of ether oxygens (including phenoxy) is 1. The molecule has 0 bridgehead atoms. The van der Waals surface area contributed by atoms with E-state index in [1.54, 1.807) is 0 Å². The number of carbonyl (C=O) groups excluding carboxylic acids is 2. The summed E-state index contributed by atoms with van der Waals surface area (Å²) in [5.74, 6) is 1.79. The molecule has 3 heterocycles. The molecule has 0 aromatic carbocycles. The summed E-state index contributed by atoms with van der Waals surface area (Å²) in [5.41, 5.74) is -0.506. The van der Waals surface area contributed by atoms with Gasteiger partial charge >= 0.3 is 6.09 Å². The van der Waals surface area contributed by atoms with Crippen LogP contribution in [0.15, 0.2) is 24.4 Å². The molecule has 1 aromatic rings. The Balaban J connectivity index is 1.33. The molecule has 1 unspecified atom stereocenters. The molecule has 0 aliphatic carbocycles. The molecule has 2 amide bonds. The normalized spacial score (nSPS) is 20.2. The Morgan fingerprint density at radius 3 is 2.62 bits per heavy atom. The molecule has 1 atom stereocenters. The molecule has 0 saturated carbocycles. The minimum absolute atomic E-state index is 0.195. The van der Waals surface area contributed by atoms with Gasteiger partial charge in [-0.05, 0) is 58.1 Å². The van der Waals surface area contributed by atoms with Crippen molar-refractivity contribution in [3.8, 4) is 0 Å². The number of amides is 2.